The Morgan fingerprint density at radius 1 is 0.440 bits per heavy atom. The van der Waals surface area contributed by atoms with Crippen molar-refractivity contribution >= 4 is 71.2 Å². The lowest BCUT2D eigenvalue weighted by molar-refractivity contribution is 1.18. The molecule has 0 saturated carbocycles. The quantitative estimate of drug-likeness (QED) is 0.181. The third-order valence-corrected chi connectivity index (χ3v) is 9.59. The summed E-state index contributed by atoms with van der Waals surface area (Å²) < 4.78 is 65.2. The second-order valence-electron chi connectivity index (χ2n) is 12.4. The van der Waals surface area contributed by atoms with Crippen LogP contribution in [0.25, 0.3) is 70.9 Å². The van der Waals surface area contributed by atoms with Crippen LogP contribution in [-0.4, -0.2) is 4.57 Å². The molecule has 0 fully saturated rings. The minimum atomic E-state index is -0.501. The molecule has 10 aromatic rings. The Bertz CT molecular complexity index is 3250. The molecule has 0 unspecified atom stereocenters. The molecule has 50 heavy (non-hydrogen) atoms. The van der Waals surface area contributed by atoms with Gasteiger partial charge in [0.05, 0.1) is 26.3 Å². The molecule has 2 nitrogen and oxygen atoms in total. The summed E-state index contributed by atoms with van der Waals surface area (Å²) in [4.78, 5) is 1.82. The molecule has 10 rings (SSSR count). The lowest BCUT2D eigenvalue weighted by atomic mass is 9.97. The van der Waals surface area contributed by atoms with Crippen LogP contribution in [0.4, 0.5) is 17.1 Å². The monoisotopic (exact) mass is 643 g/mol. The minimum Gasteiger partial charge on any atom is -0.310 e. The molecule has 0 bridgehead atoms. The molecule has 9 aromatic carbocycles. The Kier molecular flexibility index (Phi) is 5.08. The molecular weight excluding hydrogens is 605 g/mol. The Morgan fingerprint density at radius 3 is 1.88 bits per heavy atom. The molecular formula is C48H32N2. The van der Waals surface area contributed by atoms with Gasteiger partial charge in [-0.3, -0.25) is 0 Å². The summed E-state index contributed by atoms with van der Waals surface area (Å²) in [6.45, 7) is 0. The molecule has 0 aliphatic rings. The maximum atomic E-state index is 9.72. The molecule has 2 heteroatoms. The Balaban J connectivity index is 1.38. The van der Waals surface area contributed by atoms with Crippen LogP contribution in [-0.2, 0) is 0 Å². The van der Waals surface area contributed by atoms with Gasteiger partial charge in [-0.25, -0.2) is 0 Å². The molecule has 0 spiro atoms. The first kappa shape index (κ1) is 22.1. The summed E-state index contributed by atoms with van der Waals surface area (Å²) >= 11 is 0. The number of hydrogen-bond acceptors (Lipinski definition) is 1. The first-order valence-corrected chi connectivity index (χ1v) is 16.6. The van der Waals surface area contributed by atoms with E-state index in [9.17, 15) is 4.11 Å². The highest BCUT2D eigenvalue weighted by molar-refractivity contribution is 6.30. The lowest BCUT2D eigenvalue weighted by Crippen LogP contribution is -2.11. The summed E-state index contributed by atoms with van der Waals surface area (Å²) in [6, 6.07) is 48.2. The lowest BCUT2D eigenvalue weighted by Gasteiger charge is -2.28. The van der Waals surface area contributed by atoms with Crippen molar-refractivity contribution in [3.63, 3.8) is 0 Å². The van der Waals surface area contributed by atoms with Gasteiger partial charge >= 0.3 is 0 Å². The molecule has 1 aromatic heterocycles. The van der Waals surface area contributed by atoms with Crippen LogP contribution >= 0.6 is 0 Å². The van der Waals surface area contributed by atoms with E-state index in [0.29, 0.717) is 11.4 Å². The molecule has 0 amide bonds. The van der Waals surface area contributed by atoms with E-state index in [1.165, 1.54) is 0 Å². The third kappa shape index (κ3) is 4.50. The van der Waals surface area contributed by atoms with Gasteiger partial charge in [0, 0.05) is 33.2 Å². The van der Waals surface area contributed by atoms with E-state index in [2.05, 4.69) is 59.2 Å². The average Bonchev–Trinajstić information content (AvgIpc) is 3.60. The van der Waals surface area contributed by atoms with Crippen LogP contribution in [0.1, 0.15) is 9.60 Å². The fraction of sp³-hybridized carbons (Fsp3) is 0. The summed E-state index contributed by atoms with van der Waals surface area (Å²) in [5.41, 5.74) is 6.20. The zero-order valence-corrected chi connectivity index (χ0v) is 26.8. The first-order chi connectivity index (χ1) is 27.7. The third-order valence-electron chi connectivity index (χ3n) is 9.59. The zero-order valence-electron chi connectivity index (χ0n) is 33.8. The number of benzene rings is 9. The van der Waals surface area contributed by atoms with Crippen LogP contribution in [0, 0.1) is 0 Å². The molecule has 0 radical (unpaired) electrons. The van der Waals surface area contributed by atoms with Gasteiger partial charge < -0.3 is 9.47 Å². The molecule has 234 valence electrons. The van der Waals surface area contributed by atoms with Gasteiger partial charge in [-0.05, 0) is 86.5 Å². The van der Waals surface area contributed by atoms with E-state index < -0.39 is 24.2 Å². The first-order valence-electron chi connectivity index (χ1n) is 20.1. The van der Waals surface area contributed by atoms with Gasteiger partial charge in [-0.15, -0.1) is 0 Å². The van der Waals surface area contributed by atoms with Crippen LogP contribution in [0.3, 0.4) is 0 Å². The van der Waals surface area contributed by atoms with Crippen LogP contribution < -0.4 is 4.90 Å². The van der Waals surface area contributed by atoms with E-state index in [4.69, 9.17) is 5.48 Å². The summed E-state index contributed by atoms with van der Waals surface area (Å²) in [5.74, 6) is 0. The molecule has 0 atom stereocenters. The molecule has 0 aliphatic carbocycles. The van der Waals surface area contributed by atoms with Crippen molar-refractivity contribution < 1.29 is 9.60 Å². The molecule has 0 aliphatic heterocycles. The molecule has 0 saturated heterocycles. The topological polar surface area (TPSA) is 8.17 Å². The van der Waals surface area contributed by atoms with E-state index in [0.717, 1.165) is 60.2 Å². The molecule has 1 heterocycles. The van der Waals surface area contributed by atoms with Crippen molar-refractivity contribution in [3.8, 4) is 16.8 Å². The number of para-hydroxylation sites is 1. The van der Waals surface area contributed by atoms with Gasteiger partial charge in [-0.2, -0.15) is 0 Å². The predicted molar refractivity (Wildman–Crippen MR) is 213 cm³/mol. The Morgan fingerprint density at radius 2 is 1.08 bits per heavy atom. The second kappa shape index (κ2) is 11.5. The summed E-state index contributed by atoms with van der Waals surface area (Å²) in [6.07, 6.45) is 0. The zero-order chi connectivity index (χ0) is 39.1. The maximum Gasteiger partial charge on any atom is 0.0651 e. The van der Waals surface area contributed by atoms with Gasteiger partial charge in [0.25, 0.3) is 0 Å². The van der Waals surface area contributed by atoms with Crippen molar-refractivity contribution in [3.05, 3.63) is 194 Å². The number of nitrogens with zero attached hydrogens (tertiary/aromatic N) is 2. The number of fused-ring (bicyclic) bond motifs is 8. The van der Waals surface area contributed by atoms with Gasteiger partial charge in [0.1, 0.15) is 0 Å². The van der Waals surface area contributed by atoms with Crippen molar-refractivity contribution in [1.82, 2.24) is 4.57 Å². The normalized spacial score (nSPS) is 13.6. The average molecular weight is 644 g/mol. The second-order valence-corrected chi connectivity index (χ2v) is 12.4. The minimum absolute atomic E-state index is 0.0438. The number of rotatable bonds is 5. The van der Waals surface area contributed by atoms with E-state index in [-0.39, 0.29) is 34.6 Å². The SMILES string of the molecule is [2H]c1c([2H])c([2H])c2c([2H])c(N(c3ccc(-c4ccccc4)cc3)c3cc4c(c5ccccc35)c3c5ccccc5ccc3n4-c3ccccc3)c([2H])c([2H])c2c1[2H]. The maximum absolute atomic E-state index is 9.72. The van der Waals surface area contributed by atoms with Crippen LogP contribution in [0.5, 0.6) is 0 Å². The fourth-order valence-electron chi connectivity index (χ4n) is 7.37. The van der Waals surface area contributed by atoms with Crippen molar-refractivity contribution in [1.29, 1.82) is 0 Å². The number of anilines is 3. The number of aromatic nitrogens is 1. The van der Waals surface area contributed by atoms with Crippen LogP contribution in [0.2, 0.25) is 0 Å². The van der Waals surface area contributed by atoms with Crippen molar-refractivity contribution in [2.45, 2.75) is 0 Å². The summed E-state index contributed by atoms with van der Waals surface area (Å²) in [7, 11) is 0. The predicted octanol–water partition coefficient (Wildman–Crippen LogP) is 13.4. The van der Waals surface area contributed by atoms with Gasteiger partial charge in [0.15, 0.2) is 0 Å². The Hall–Kier alpha value is -6.64. The smallest absolute Gasteiger partial charge is 0.0651 e. The highest BCUT2D eigenvalue weighted by atomic mass is 15.1. The summed E-state index contributed by atoms with van der Waals surface area (Å²) in [5, 5.41) is 5.95. The van der Waals surface area contributed by atoms with E-state index in [1.54, 1.807) is 0 Å². The number of hydrogen-bond donors (Lipinski definition) is 0. The van der Waals surface area contributed by atoms with Crippen molar-refractivity contribution in [2.75, 3.05) is 4.90 Å². The van der Waals surface area contributed by atoms with E-state index >= 15 is 0 Å². The van der Waals surface area contributed by atoms with Gasteiger partial charge in [-0.1, -0.05) is 145 Å². The van der Waals surface area contributed by atoms with E-state index in [1.807, 2.05) is 102 Å². The standard InChI is InChI=1S/C48H32N2/c1-3-13-33(14-4-1)35-23-27-39(28-24-35)49(40-29-25-34-15-7-8-17-37(34)31-40)45-32-46-48(43-22-12-11-21-42(43)45)47-41-20-10-9-16-36(41)26-30-44(47)50(46)38-18-5-2-6-19-38/h1-32H/i7D,8D,15D,17D,25D,29D,31D. The highest BCUT2D eigenvalue weighted by Gasteiger charge is 2.23. The highest BCUT2D eigenvalue weighted by Crippen LogP contribution is 2.47. The van der Waals surface area contributed by atoms with Crippen molar-refractivity contribution in [2.24, 2.45) is 0 Å². The van der Waals surface area contributed by atoms with Crippen LogP contribution in [0.15, 0.2) is 194 Å². The molecule has 0 N–H and O–H groups in total. The van der Waals surface area contributed by atoms with Gasteiger partial charge in [0.2, 0.25) is 0 Å². The Labute approximate surface area is 300 Å². The fourth-order valence-corrected chi connectivity index (χ4v) is 7.37. The largest absolute Gasteiger partial charge is 0.310 e.